The highest BCUT2D eigenvalue weighted by Crippen LogP contribution is 2.27. The van der Waals surface area contributed by atoms with Gasteiger partial charge in [-0.2, -0.15) is 5.10 Å². The number of nitrogens with zero attached hydrogens (tertiary/aromatic N) is 4. The summed E-state index contributed by atoms with van der Waals surface area (Å²) in [6.07, 6.45) is 5.16. The van der Waals surface area contributed by atoms with Crippen molar-refractivity contribution in [3.8, 4) is 5.69 Å². The number of aromatic nitrogens is 2. The quantitative estimate of drug-likeness (QED) is 0.679. The molecule has 0 spiro atoms. The maximum atomic E-state index is 13.0. The molecule has 8 nitrogen and oxygen atoms in total. The van der Waals surface area contributed by atoms with E-state index in [9.17, 15) is 14.4 Å². The molecule has 1 aliphatic heterocycles. The second-order valence-corrected chi connectivity index (χ2v) is 9.05. The molecule has 9 heteroatoms. The van der Waals surface area contributed by atoms with Crippen LogP contribution in [0.4, 0.5) is 0 Å². The van der Waals surface area contributed by atoms with Crippen molar-refractivity contribution in [3.63, 3.8) is 0 Å². The lowest BCUT2D eigenvalue weighted by Gasteiger charge is -2.34. The first-order chi connectivity index (χ1) is 15.9. The minimum atomic E-state index is -0.241. The first-order valence-electron chi connectivity index (χ1n) is 11.6. The zero-order valence-corrected chi connectivity index (χ0v) is 19.7. The minimum Gasteiger partial charge on any atom is -0.350 e. The summed E-state index contributed by atoms with van der Waals surface area (Å²) in [5.41, 5.74) is 3.42. The van der Waals surface area contributed by atoms with Crippen molar-refractivity contribution in [2.75, 3.05) is 32.7 Å². The van der Waals surface area contributed by atoms with Crippen molar-refractivity contribution in [3.05, 3.63) is 46.2 Å². The number of nitrogens with one attached hydrogen (secondary N) is 1. The van der Waals surface area contributed by atoms with Crippen molar-refractivity contribution in [2.45, 2.75) is 45.4 Å². The minimum absolute atomic E-state index is 0.0102. The Kier molecular flexibility index (Phi) is 7.33. The van der Waals surface area contributed by atoms with Crippen LogP contribution in [0.1, 0.15) is 54.4 Å². The number of halogens is 1. The van der Waals surface area contributed by atoms with Crippen LogP contribution in [0.15, 0.2) is 24.3 Å². The number of amides is 3. The van der Waals surface area contributed by atoms with Crippen LogP contribution in [0, 0.1) is 0 Å². The highest BCUT2D eigenvalue weighted by atomic mass is 35.5. The van der Waals surface area contributed by atoms with Gasteiger partial charge in [0.15, 0.2) is 5.69 Å². The summed E-state index contributed by atoms with van der Waals surface area (Å²) >= 11 is 6.04. The second-order valence-electron chi connectivity index (χ2n) is 8.62. The number of carbonyl (C=O) groups excluding carboxylic acids is 3. The van der Waals surface area contributed by atoms with Crippen molar-refractivity contribution in [1.29, 1.82) is 0 Å². The molecule has 3 amide bonds. The van der Waals surface area contributed by atoms with Crippen molar-refractivity contribution < 1.29 is 14.4 Å². The van der Waals surface area contributed by atoms with E-state index in [0.29, 0.717) is 36.9 Å². The molecule has 2 aliphatic rings. The standard InChI is InChI=1S/C24H30ClN5O3/c1-17(31)28-13-15-29(16-14-28)22(32)11-12-26-24(33)23-20-5-3-2-4-6-21(20)30(27-23)19-9-7-18(25)8-10-19/h7-10H,2-6,11-16H2,1H3,(H,26,33). The number of benzene rings is 1. The number of hydrogen-bond donors (Lipinski definition) is 1. The Morgan fingerprint density at radius 2 is 1.64 bits per heavy atom. The maximum Gasteiger partial charge on any atom is 0.272 e. The Bertz CT molecular complexity index is 1030. The number of hydrogen-bond acceptors (Lipinski definition) is 4. The van der Waals surface area contributed by atoms with Gasteiger partial charge in [0, 0.05) is 62.3 Å². The zero-order valence-electron chi connectivity index (χ0n) is 19.0. The molecule has 1 fully saturated rings. The number of rotatable bonds is 5. The Hall–Kier alpha value is -2.87. The Labute approximate surface area is 198 Å². The Morgan fingerprint density at radius 1 is 0.970 bits per heavy atom. The number of carbonyl (C=O) groups is 3. The molecule has 176 valence electrons. The third kappa shape index (κ3) is 5.38. The van der Waals surface area contributed by atoms with E-state index in [2.05, 4.69) is 10.4 Å². The normalized spacial score (nSPS) is 16.2. The first kappa shape index (κ1) is 23.3. The van der Waals surface area contributed by atoms with Crippen LogP contribution in [-0.4, -0.2) is 70.0 Å². The van der Waals surface area contributed by atoms with Gasteiger partial charge in [0.05, 0.1) is 5.69 Å². The molecule has 2 heterocycles. The molecule has 0 unspecified atom stereocenters. The summed E-state index contributed by atoms with van der Waals surface area (Å²) < 4.78 is 1.87. The highest BCUT2D eigenvalue weighted by molar-refractivity contribution is 6.30. The van der Waals surface area contributed by atoms with E-state index in [1.807, 2.05) is 28.9 Å². The van der Waals surface area contributed by atoms with Gasteiger partial charge in [0.25, 0.3) is 5.91 Å². The second kappa shape index (κ2) is 10.4. The average Bonchev–Trinajstić information content (AvgIpc) is 3.00. The van der Waals surface area contributed by atoms with Gasteiger partial charge in [-0.25, -0.2) is 4.68 Å². The van der Waals surface area contributed by atoms with Crippen molar-refractivity contribution >= 4 is 29.3 Å². The molecule has 0 saturated carbocycles. The zero-order chi connectivity index (χ0) is 23.4. The number of fused-ring (bicyclic) bond motifs is 1. The number of piperazine rings is 1. The smallest absolute Gasteiger partial charge is 0.272 e. The summed E-state index contributed by atoms with van der Waals surface area (Å²) in [5, 5.41) is 8.22. The fourth-order valence-corrected chi connectivity index (χ4v) is 4.68. The lowest BCUT2D eigenvalue weighted by atomic mass is 10.1. The SMILES string of the molecule is CC(=O)N1CCN(C(=O)CCNC(=O)c2nn(-c3ccc(Cl)cc3)c3c2CCCCC3)CC1. The first-order valence-corrected chi connectivity index (χ1v) is 12.0. The van der Waals surface area contributed by atoms with Gasteiger partial charge in [0.2, 0.25) is 11.8 Å². The van der Waals surface area contributed by atoms with Gasteiger partial charge in [-0.05, 0) is 49.9 Å². The molecule has 0 bridgehead atoms. The monoisotopic (exact) mass is 471 g/mol. The van der Waals surface area contributed by atoms with Gasteiger partial charge in [-0.1, -0.05) is 18.0 Å². The molecule has 33 heavy (non-hydrogen) atoms. The summed E-state index contributed by atoms with van der Waals surface area (Å²) in [6, 6.07) is 7.46. The summed E-state index contributed by atoms with van der Waals surface area (Å²) in [6.45, 7) is 3.98. The van der Waals surface area contributed by atoms with E-state index in [0.717, 1.165) is 49.0 Å². The molecule has 1 aliphatic carbocycles. The lowest BCUT2D eigenvalue weighted by Crippen LogP contribution is -2.50. The fraction of sp³-hybridized carbons (Fsp3) is 0.500. The van der Waals surface area contributed by atoms with E-state index in [1.54, 1.807) is 16.7 Å². The molecule has 0 atom stereocenters. The molecular weight excluding hydrogens is 442 g/mol. The van der Waals surface area contributed by atoms with E-state index in [1.165, 1.54) is 0 Å². The van der Waals surface area contributed by atoms with Gasteiger partial charge < -0.3 is 15.1 Å². The maximum absolute atomic E-state index is 13.0. The van der Waals surface area contributed by atoms with Crippen LogP contribution < -0.4 is 5.32 Å². The molecular formula is C24H30ClN5O3. The average molecular weight is 472 g/mol. The molecule has 1 saturated heterocycles. The Morgan fingerprint density at radius 3 is 2.33 bits per heavy atom. The topological polar surface area (TPSA) is 87.5 Å². The van der Waals surface area contributed by atoms with Gasteiger partial charge >= 0.3 is 0 Å². The molecule has 1 N–H and O–H groups in total. The predicted octanol–water partition coefficient (Wildman–Crippen LogP) is 2.61. The summed E-state index contributed by atoms with van der Waals surface area (Å²) in [7, 11) is 0. The molecule has 2 aromatic rings. The van der Waals surface area contributed by atoms with Crippen molar-refractivity contribution in [1.82, 2.24) is 24.9 Å². The van der Waals surface area contributed by atoms with Crippen LogP contribution in [0.5, 0.6) is 0 Å². The van der Waals surface area contributed by atoms with Crippen LogP contribution in [0.2, 0.25) is 5.02 Å². The molecule has 1 aromatic heterocycles. The van der Waals surface area contributed by atoms with Crippen LogP contribution in [0.3, 0.4) is 0 Å². The van der Waals surface area contributed by atoms with E-state index in [4.69, 9.17) is 11.6 Å². The van der Waals surface area contributed by atoms with Crippen LogP contribution in [0.25, 0.3) is 5.69 Å². The highest BCUT2D eigenvalue weighted by Gasteiger charge is 2.26. The van der Waals surface area contributed by atoms with E-state index in [-0.39, 0.29) is 30.7 Å². The fourth-order valence-electron chi connectivity index (χ4n) is 4.55. The van der Waals surface area contributed by atoms with Crippen LogP contribution in [-0.2, 0) is 22.4 Å². The van der Waals surface area contributed by atoms with E-state index >= 15 is 0 Å². The van der Waals surface area contributed by atoms with Gasteiger partial charge in [0.1, 0.15) is 0 Å². The lowest BCUT2D eigenvalue weighted by molar-refractivity contribution is -0.138. The largest absolute Gasteiger partial charge is 0.350 e. The van der Waals surface area contributed by atoms with Gasteiger partial charge in [-0.15, -0.1) is 0 Å². The van der Waals surface area contributed by atoms with E-state index < -0.39 is 0 Å². The Balaban J connectivity index is 1.40. The molecule has 0 radical (unpaired) electrons. The van der Waals surface area contributed by atoms with Crippen molar-refractivity contribution in [2.24, 2.45) is 0 Å². The third-order valence-electron chi connectivity index (χ3n) is 6.42. The van der Waals surface area contributed by atoms with Crippen LogP contribution >= 0.6 is 11.6 Å². The van der Waals surface area contributed by atoms with Gasteiger partial charge in [-0.3, -0.25) is 14.4 Å². The molecule has 4 rings (SSSR count). The predicted molar refractivity (Wildman–Crippen MR) is 126 cm³/mol. The summed E-state index contributed by atoms with van der Waals surface area (Å²) in [4.78, 5) is 40.5. The summed E-state index contributed by atoms with van der Waals surface area (Å²) in [5.74, 6) is -0.217. The molecule has 1 aromatic carbocycles. The third-order valence-corrected chi connectivity index (χ3v) is 6.67.